The molecule has 6 aromatic rings. The Labute approximate surface area is 207 Å². The fraction of sp³-hybridized carbons (Fsp3) is 0.100. The Morgan fingerprint density at radius 2 is 1.48 bits per heavy atom. The topological polar surface area (TPSA) is 17.3 Å². The average molecular weight is 604 g/mol. The Morgan fingerprint density at radius 1 is 0.727 bits per heavy atom. The Kier molecular flexibility index (Phi) is 5.40. The molecule has 0 N–H and O–H groups in total. The zero-order chi connectivity index (χ0) is 21.8. The van der Waals surface area contributed by atoms with Crippen molar-refractivity contribution in [3.05, 3.63) is 108 Å². The molecule has 1 radical (unpaired) electrons. The van der Waals surface area contributed by atoms with Crippen LogP contribution in [0, 0.1) is 26.8 Å². The van der Waals surface area contributed by atoms with Crippen molar-refractivity contribution in [1.29, 1.82) is 0 Å². The second-order valence-corrected chi connectivity index (χ2v) is 8.59. The Balaban J connectivity index is 0.00000228. The van der Waals surface area contributed by atoms with Crippen LogP contribution in [0.2, 0.25) is 0 Å². The molecule has 0 fully saturated rings. The summed E-state index contributed by atoms with van der Waals surface area (Å²) in [5.74, 6) is 0. The van der Waals surface area contributed by atoms with Crippen molar-refractivity contribution in [2.75, 3.05) is 0 Å². The third-order valence-corrected chi connectivity index (χ3v) is 6.54. The van der Waals surface area contributed by atoms with E-state index in [9.17, 15) is 0 Å². The van der Waals surface area contributed by atoms with E-state index in [0.717, 1.165) is 11.0 Å². The molecule has 0 unspecified atom stereocenters. The molecular formula is C30H23IrN2-. The van der Waals surface area contributed by atoms with E-state index >= 15 is 0 Å². The van der Waals surface area contributed by atoms with Crippen LogP contribution < -0.4 is 0 Å². The molecule has 3 heteroatoms. The van der Waals surface area contributed by atoms with E-state index in [-0.39, 0.29) is 20.1 Å². The number of hydrogen-bond acceptors (Lipinski definition) is 1. The first kappa shape index (κ1) is 21.6. The number of nitrogens with zero attached hydrogens (tertiary/aromatic N) is 2. The van der Waals surface area contributed by atoms with Crippen molar-refractivity contribution in [2.45, 2.75) is 20.8 Å². The van der Waals surface area contributed by atoms with Gasteiger partial charge in [-0.1, -0.05) is 71.4 Å². The molecule has 2 nitrogen and oxygen atoms in total. The molecule has 0 atom stereocenters. The van der Waals surface area contributed by atoms with Crippen LogP contribution in [0.4, 0.5) is 0 Å². The second-order valence-electron chi connectivity index (χ2n) is 8.59. The van der Waals surface area contributed by atoms with Gasteiger partial charge in [-0.15, -0.1) is 5.56 Å². The molecule has 163 valence electrons. The summed E-state index contributed by atoms with van der Waals surface area (Å²) in [6.45, 7) is 6.62. The minimum absolute atomic E-state index is 0. The first-order valence-electron chi connectivity index (χ1n) is 11.0. The quantitative estimate of drug-likeness (QED) is 0.147. The van der Waals surface area contributed by atoms with Gasteiger partial charge in [-0.3, -0.25) is 4.52 Å². The molecule has 0 amide bonds. The number of aryl methyl sites for hydroxylation is 3. The van der Waals surface area contributed by atoms with E-state index in [4.69, 9.17) is 0 Å². The van der Waals surface area contributed by atoms with Gasteiger partial charge < -0.3 is 0 Å². The predicted octanol–water partition coefficient (Wildman–Crippen LogP) is 7.70. The third kappa shape index (κ3) is 3.31. The number of pyridine rings is 1. The van der Waals surface area contributed by atoms with E-state index in [2.05, 4.69) is 105 Å². The van der Waals surface area contributed by atoms with E-state index in [1.54, 1.807) is 0 Å². The molecule has 0 saturated heterocycles. The Hall–Kier alpha value is -3.26. The van der Waals surface area contributed by atoms with Crippen LogP contribution in [0.1, 0.15) is 16.7 Å². The maximum atomic E-state index is 4.66. The molecule has 4 aromatic carbocycles. The van der Waals surface area contributed by atoms with Gasteiger partial charge in [-0.05, 0) is 71.1 Å². The van der Waals surface area contributed by atoms with E-state index in [1.807, 2.05) is 16.8 Å². The smallest absolute Gasteiger partial charge is 0.0714 e. The molecule has 6 rings (SSSR count). The molecule has 0 aliphatic rings. The molecule has 0 aliphatic heterocycles. The van der Waals surface area contributed by atoms with Gasteiger partial charge >= 0.3 is 0 Å². The zero-order valence-electron chi connectivity index (χ0n) is 18.8. The number of benzene rings is 4. The van der Waals surface area contributed by atoms with Crippen LogP contribution in [-0.2, 0) is 20.1 Å². The number of fused-ring (bicyclic) bond motifs is 6. The molecule has 2 heterocycles. The second kappa shape index (κ2) is 8.26. The summed E-state index contributed by atoms with van der Waals surface area (Å²) in [7, 11) is 0. The van der Waals surface area contributed by atoms with Crippen molar-refractivity contribution in [3.8, 4) is 22.3 Å². The summed E-state index contributed by atoms with van der Waals surface area (Å²) in [5, 5.41) is 8.38. The van der Waals surface area contributed by atoms with Crippen LogP contribution in [0.25, 0.3) is 49.4 Å². The summed E-state index contributed by atoms with van der Waals surface area (Å²) in [5.41, 5.74) is 11.0. The molecule has 0 bridgehead atoms. The van der Waals surface area contributed by atoms with Crippen molar-refractivity contribution in [1.82, 2.24) is 9.61 Å². The summed E-state index contributed by atoms with van der Waals surface area (Å²) >= 11 is 0. The zero-order valence-corrected chi connectivity index (χ0v) is 21.2. The van der Waals surface area contributed by atoms with Gasteiger partial charge in [0.2, 0.25) is 0 Å². The summed E-state index contributed by atoms with van der Waals surface area (Å²) in [4.78, 5) is 0. The van der Waals surface area contributed by atoms with Gasteiger partial charge in [0.1, 0.15) is 0 Å². The monoisotopic (exact) mass is 604 g/mol. The molecule has 0 spiro atoms. The van der Waals surface area contributed by atoms with E-state index in [1.165, 1.54) is 55.1 Å². The van der Waals surface area contributed by atoms with Crippen LogP contribution in [0.3, 0.4) is 0 Å². The van der Waals surface area contributed by atoms with Crippen LogP contribution in [0.15, 0.2) is 85.1 Å². The van der Waals surface area contributed by atoms with Crippen molar-refractivity contribution < 1.29 is 20.1 Å². The molecule has 33 heavy (non-hydrogen) atoms. The van der Waals surface area contributed by atoms with Crippen molar-refractivity contribution in [3.63, 3.8) is 0 Å². The molecule has 0 aliphatic carbocycles. The average Bonchev–Trinajstić information content (AvgIpc) is 3.29. The Morgan fingerprint density at radius 3 is 2.24 bits per heavy atom. The molecular weight excluding hydrogens is 581 g/mol. The van der Waals surface area contributed by atoms with Crippen LogP contribution >= 0.6 is 0 Å². The van der Waals surface area contributed by atoms with E-state index < -0.39 is 0 Å². The van der Waals surface area contributed by atoms with Gasteiger partial charge in [0.25, 0.3) is 0 Å². The first-order valence-corrected chi connectivity index (χ1v) is 11.0. The van der Waals surface area contributed by atoms with Gasteiger partial charge in [0.05, 0.1) is 5.52 Å². The van der Waals surface area contributed by atoms with Gasteiger partial charge in [-0.2, -0.15) is 23.3 Å². The van der Waals surface area contributed by atoms with Crippen LogP contribution in [0.5, 0.6) is 0 Å². The standard InChI is InChI=1S/C30H23N2.Ir/c1-19-9-7-12-25-29(19)27-15-16-31-32(27)26-14-8-13-24(30(25)26)28-20(2)17-23(18-21(28)3)22-10-5-4-6-11-22;/h4-13,15-18H,1-3H3;/q-1;. The number of aromatic nitrogens is 2. The van der Waals surface area contributed by atoms with Gasteiger partial charge in [0, 0.05) is 26.3 Å². The molecule has 0 saturated carbocycles. The SMILES string of the molecule is Cc1cc(-c2ccccc2)cc(C)c1-c1cc[c-]c2c1c1cccc(C)c1c1ccnn21.[Ir]. The predicted molar refractivity (Wildman–Crippen MR) is 134 cm³/mol. The first-order chi connectivity index (χ1) is 15.6. The number of rotatable bonds is 2. The largest absolute Gasteiger partial charge is 0.257 e. The third-order valence-electron chi connectivity index (χ3n) is 6.54. The summed E-state index contributed by atoms with van der Waals surface area (Å²) in [6.07, 6.45) is 1.88. The Bertz CT molecular complexity index is 1620. The minimum atomic E-state index is 0. The van der Waals surface area contributed by atoms with Gasteiger partial charge in [0.15, 0.2) is 0 Å². The summed E-state index contributed by atoms with van der Waals surface area (Å²) < 4.78 is 2.04. The fourth-order valence-corrected chi connectivity index (χ4v) is 5.21. The maximum Gasteiger partial charge on any atom is 0.0714 e. The van der Waals surface area contributed by atoms with Crippen molar-refractivity contribution >= 4 is 27.2 Å². The maximum absolute atomic E-state index is 4.66. The normalized spacial score (nSPS) is 11.2. The molecule has 2 aromatic heterocycles. The van der Waals surface area contributed by atoms with Crippen LogP contribution in [-0.4, -0.2) is 9.61 Å². The number of hydrogen-bond donors (Lipinski definition) is 0. The minimum Gasteiger partial charge on any atom is -0.257 e. The van der Waals surface area contributed by atoms with Gasteiger partial charge in [-0.25, -0.2) is 0 Å². The fourth-order valence-electron chi connectivity index (χ4n) is 5.21. The summed E-state index contributed by atoms with van der Waals surface area (Å²) in [6, 6.07) is 31.6. The van der Waals surface area contributed by atoms with E-state index in [0.29, 0.717) is 0 Å². The van der Waals surface area contributed by atoms with Crippen molar-refractivity contribution in [2.24, 2.45) is 0 Å².